The summed E-state index contributed by atoms with van der Waals surface area (Å²) in [6, 6.07) is 18.1. The number of amides is 2. The van der Waals surface area contributed by atoms with Crippen LogP contribution in [0, 0.1) is 0 Å². The van der Waals surface area contributed by atoms with Gasteiger partial charge in [0.2, 0.25) is 17.8 Å². The number of alkyl halides is 3. The van der Waals surface area contributed by atoms with Gasteiger partial charge in [0.1, 0.15) is 17.3 Å². The Morgan fingerprint density at radius 3 is 2.35 bits per heavy atom. The Kier molecular flexibility index (Phi) is 14.1. The molecular formula is C48H57F3N10O5. The molecule has 6 heterocycles. The molecule has 3 aliphatic rings. The van der Waals surface area contributed by atoms with Gasteiger partial charge in [-0.25, -0.2) is 9.97 Å². The SMILES string of the molecule is O=C1CCC(n2c3ccc(NCCOCCOCCN4CCN(Cc5ccc(-c6cn(C7CCC(O)CC7)c7nc(NCCC(F)(F)F)ncc67)cc5)CC4)cc3c3cccnc32)C(=O)N1. The molecule has 15 nitrogen and oxygen atoms in total. The number of aliphatic hydroxyl groups is 1. The molecule has 66 heavy (non-hydrogen) atoms. The van der Waals surface area contributed by atoms with Crippen LogP contribution in [0.4, 0.5) is 24.8 Å². The molecule has 4 aromatic heterocycles. The van der Waals surface area contributed by atoms with Gasteiger partial charge in [0.25, 0.3) is 0 Å². The number of carbonyl (C=O) groups excluding carboxylic acids is 2. The number of nitrogens with zero attached hydrogens (tertiary/aromatic N) is 7. The molecule has 1 unspecified atom stereocenters. The molecule has 6 aromatic rings. The summed E-state index contributed by atoms with van der Waals surface area (Å²) in [6.45, 7) is 8.09. The smallest absolute Gasteiger partial charge is 0.390 e. The molecular weight excluding hydrogens is 854 g/mol. The fourth-order valence-corrected chi connectivity index (χ4v) is 9.51. The number of aliphatic hydroxyl groups excluding tert-OH is 1. The minimum absolute atomic E-state index is 0.132. The van der Waals surface area contributed by atoms with E-state index < -0.39 is 18.6 Å². The monoisotopic (exact) mass is 910 g/mol. The van der Waals surface area contributed by atoms with Crippen LogP contribution in [0.1, 0.15) is 62.6 Å². The highest BCUT2D eigenvalue weighted by molar-refractivity contribution is 6.09. The van der Waals surface area contributed by atoms with Crippen LogP contribution in [-0.4, -0.2) is 135 Å². The Labute approximate surface area is 380 Å². The number of imide groups is 1. The van der Waals surface area contributed by atoms with E-state index in [1.807, 2.05) is 28.8 Å². The maximum Gasteiger partial charge on any atom is 0.390 e. The lowest BCUT2D eigenvalue weighted by Crippen LogP contribution is -2.46. The van der Waals surface area contributed by atoms with E-state index in [-0.39, 0.29) is 36.5 Å². The van der Waals surface area contributed by atoms with Gasteiger partial charge < -0.3 is 34.3 Å². The number of nitrogens with one attached hydrogen (secondary N) is 3. The van der Waals surface area contributed by atoms with Gasteiger partial charge >= 0.3 is 6.18 Å². The average molecular weight is 911 g/mol. The topological polar surface area (TPSA) is 164 Å². The number of pyridine rings is 1. The molecule has 1 atom stereocenters. The molecule has 0 radical (unpaired) electrons. The largest absolute Gasteiger partial charge is 0.393 e. The molecule has 350 valence electrons. The zero-order chi connectivity index (χ0) is 45.6. The number of hydrogen-bond acceptors (Lipinski definition) is 12. The highest BCUT2D eigenvalue weighted by Crippen LogP contribution is 2.38. The molecule has 0 bridgehead atoms. The van der Waals surface area contributed by atoms with Crippen molar-refractivity contribution in [1.29, 1.82) is 0 Å². The molecule has 2 aliphatic heterocycles. The van der Waals surface area contributed by atoms with E-state index in [4.69, 9.17) is 9.47 Å². The summed E-state index contributed by atoms with van der Waals surface area (Å²) >= 11 is 0. The van der Waals surface area contributed by atoms with Gasteiger partial charge in [0, 0.05) is 111 Å². The number of piperidine rings is 1. The van der Waals surface area contributed by atoms with Crippen LogP contribution < -0.4 is 16.0 Å². The summed E-state index contributed by atoms with van der Waals surface area (Å²) in [4.78, 5) is 43.1. The van der Waals surface area contributed by atoms with Crippen LogP contribution in [0.5, 0.6) is 0 Å². The van der Waals surface area contributed by atoms with E-state index in [0.29, 0.717) is 64.3 Å². The van der Waals surface area contributed by atoms with Crippen molar-refractivity contribution in [3.05, 3.63) is 78.8 Å². The number of anilines is 2. The van der Waals surface area contributed by atoms with Crippen molar-refractivity contribution in [2.45, 2.75) is 75.9 Å². The normalized spacial score (nSPS) is 20.1. The first-order valence-electron chi connectivity index (χ1n) is 23.1. The molecule has 2 aromatic carbocycles. The van der Waals surface area contributed by atoms with Gasteiger partial charge in [-0.15, -0.1) is 0 Å². The van der Waals surface area contributed by atoms with Crippen LogP contribution in [0.15, 0.2) is 73.2 Å². The maximum absolute atomic E-state index is 12.8. The zero-order valence-electron chi connectivity index (χ0n) is 36.9. The van der Waals surface area contributed by atoms with Crippen LogP contribution >= 0.6 is 0 Å². The summed E-state index contributed by atoms with van der Waals surface area (Å²) in [6.07, 6.45) is 3.68. The van der Waals surface area contributed by atoms with Crippen molar-refractivity contribution in [3.63, 3.8) is 0 Å². The number of carbonyl (C=O) groups is 2. The van der Waals surface area contributed by atoms with E-state index in [1.54, 1.807) is 12.4 Å². The van der Waals surface area contributed by atoms with Crippen molar-refractivity contribution < 1.29 is 37.3 Å². The second-order valence-corrected chi connectivity index (χ2v) is 17.5. The minimum Gasteiger partial charge on any atom is -0.393 e. The Hall–Kier alpha value is -5.66. The summed E-state index contributed by atoms with van der Waals surface area (Å²) in [5.41, 5.74) is 6.47. The van der Waals surface area contributed by atoms with Crippen molar-refractivity contribution >= 4 is 56.4 Å². The standard InChI is InChI=1S/C48H57F3N10O5/c49-48(50,51)15-17-54-47-55-29-39-40(31-60(45(39)57-47)35-8-10-36(62)11-9-35)33-5-3-32(4-6-33)30-59-21-19-58(20-22-59)23-25-66-27-26-65-24-18-52-34-7-12-41-38(28-34)37-2-1-16-53-44(37)61(41)42-13-14-43(63)56-46(42)64/h1-7,12,16,28-29,31,35-36,42,52,62H,8-11,13-15,17-27,30H2,(H,54,55,57)(H,56,63,64). The highest BCUT2D eigenvalue weighted by atomic mass is 19.4. The predicted octanol–water partition coefficient (Wildman–Crippen LogP) is 6.68. The molecule has 2 amide bonds. The van der Waals surface area contributed by atoms with Crippen molar-refractivity contribution in [3.8, 4) is 11.1 Å². The van der Waals surface area contributed by atoms with Gasteiger partial charge in [-0.2, -0.15) is 18.2 Å². The number of benzene rings is 2. The average Bonchev–Trinajstić information content (AvgIpc) is 3.85. The van der Waals surface area contributed by atoms with Crippen molar-refractivity contribution in [1.82, 2.24) is 39.2 Å². The third-order valence-corrected chi connectivity index (χ3v) is 13.0. The van der Waals surface area contributed by atoms with Crippen LogP contribution in [0.2, 0.25) is 0 Å². The van der Waals surface area contributed by atoms with Gasteiger partial charge in [-0.1, -0.05) is 24.3 Å². The summed E-state index contributed by atoms with van der Waals surface area (Å²) in [5, 5.41) is 21.6. The molecule has 9 rings (SSSR count). The molecule has 18 heteroatoms. The third-order valence-electron chi connectivity index (χ3n) is 13.0. The third kappa shape index (κ3) is 10.8. The first-order valence-corrected chi connectivity index (χ1v) is 23.1. The van der Waals surface area contributed by atoms with Crippen molar-refractivity contribution in [2.75, 3.05) is 82.9 Å². The molecule has 1 aliphatic carbocycles. The quantitative estimate of drug-likeness (QED) is 0.0535. The van der Waals surface area contributed by atoms with E-state index in [1.165, 1.54) is 5.56 Å². The lowest BCUT2D eigenvalue weighted by atomic mass is 9.93. The van der Waals surface area contributed by atoms with Crippen LogP contribution in [0.25, 0.3) is 44.1 Å². The van der Waals surface area contributed by atoms with E-state index in [9.17, 15) is 27.9 Å². The number of hydrogen-bond donors (Lipinski definition) is 4. The predicted molar refractivity (Wildman–Crippen MR) is 246 cm³/mol. The van der Waals surface area contributed by atoms with Gasteiger partial charge in [-0.05, 0) is 73.6 Å². The van der Waals surface area contributed by atoms with Gasteiger partial charge in [-0.3, -0.25) is 24.7 Å². The Bertz CT molecular complexity index is 2620. The summed E-state index contributed by atoms with van der Waals surface area (Å²) < 4.78 is 54.2. The Morgan fingerprint density at radius 2 is 1.58 bits per heavy atom. The van der Waals surface area contributed by atoms with E-state index in [0.717, 1.165) is 96.2 Å². The number of aromatic nitrogens is 5. The van der Waals surface area contributed by atoms with E-state index in [2.05, 4.69) is 81.8 Å². The van der Waals surface area contributed by atoms with Crippen LogP contribution in [-0.2, 0) is 25.6 Å². The fraction of sp³-hybridized carbons (Fsp3) is 0.479. The van der Waals surface area contributed by atoms with E-state index >= 15 is 0 Å². The van der Waals surface area contributed by atoms with Gasteiger partial charge in [0.05, 0.1) is 44.5 Å². The first-order chi connectivity index (χ1) is 32.1. The molecule has 2 saturated heterocycles. The minimum atomic E-state index is -4.26. The number of halogens is 3. The molecule has 3 fully saturated rings. The number of piperazine rings is 1. The first kappa shape index (κ1) is 45.5. The molecule has 4 N–H and O–H groups in total. The highest BCUT2D eigenvalue weighted by Gasteiger charge is 2.31. The Morgan fingerprint density at radius 1 is 0.803 bits per heavy atom. The Balaban J connectivity index is 0.687. The number of rotatable bonds is 18. The lowest BCUT2D eigenvalue weighted by Gasteiger charge is -2.34. The lowest BCUT2D eigenvalue weighted by molar-refractivity contribution is -0.135. The van der Waals surface area contributed by atoms with Crippen molar-refractivity contribution in [2.24, 2.45) is 0 Å². The zero-order valence-corrected chi connectivity index (χ0v) is 36.9. The number of fused-ring (bicyclic) bond motifs is 4. The maximum atomic E-state index is 12.8. The number of ether oxygens (including phenoxy) is 2. The second kappa shape index (κ2) is 20.5. The molecule has 0 spiro atoms. The van der Waals surface area contributed by atoms with Crippen LogP contribution in [0.3, 0.4) is 0 Å². The summed E-state index contributed by atoms with van der Waals surface area (Å²) in [7, 11) is 0. The second-order valence-electron chi connectivity index (χ2n) is 17.5. The van der Waals surface area contributed by atoms with Gasteiger partial charge in [0.15, 0.2) is 0 Å². The molecule has 1 saturated carbocycles. The summed E-state index contributed by atoms with van der Waals surface area (Å²) in [5.74, 6) is -0.369. The fourth-order valence-electron chi connectivity index (χ4n) is 9.51.